The Balaban J connectivity index is 0.0000000912. The molecular weight excluding hydrogens is 1650 g/mol. The van der Waals surface area contributed by atoms with Crippen molar-refractivity contribution in [1.29, 1.82) is 0 Å². The van der Waals surface area contributed by atoms with E-state index >= 15 is 0 Å². The average Bonchev–Trinajstić information content (AvgIpc) is 1.58. The van der Waals surface area contributed by atoms with E-state index in [1.165, 1.54) is 64.3 Å². The lowest BCUT2D eigenvalue weighted by molar-refractivity contribution is 0.582. The van der Waals surface area contributed by atoms with Gasteiger partial charge in [-0.25, -0.2) is 49.5 Å². The second kappa shape index (κ2) is 31.4. The Morgan fingerprint density at radius 1 is 0.217 bits per heavy atom. The lowest BCUT2D eigenvalue weighted by Crippen LogP contribution is -2.36. The van der Waals surface area contributed by atoms with Crippen LogP contribution < -0.4 is 68.6 Å². The van der Waals surface area contributed by atoms with Crippen molar-refractivity contribution in [2.45, 2.75) is 95.5 Å². The number of anilines is 21. The molecule has 27 heteroatoms. The molecule has 7 unspecified atom stereocenters. The van der Waals surface area contributed by atoms with Crippen LogP contribution in [0.1, 0.15) is 46.4 Å². The SMILES string of the molecule is C.CN1c2ccccc2N2c3c(F)cc(F)cc3CC12.CN1c2ccccc2N2c3ccc(F)cc3CC12.CN1c2ccccc2N2c3ccccc3CC12.CN1c2cnccc2N2c3c(F)cc(F)cc3CC12.CN1c2cnccc2N2c3ccc(F)cc3CC12.CN1c2ncccc2N2c3c(F)cc(F)cc3CC12.CN1c2ncccc2N2c3ccc(F)cc3CC12. The molecule has 14 aliphatic rings. The molecule has 14 aliphatic heterocycles. The van der Waals surface area contributed by atoms with E-state index in [2.05, 4.69) is 169 Å². The maximum atomic E-state index is 14.1. The van der Waals surface area contributed by atoms with E-state index in [9.17, 15) is 39.5 Å². The normalized spacial score (nSPS) is 19.5. The van der Waals surface area contributed by atoms with Crippen LogP contribution in [0.25, 0.3) is 0 Å². The predicted molar refractivity (Wildman–Crippen MR) is 494 cm³/mol. The van der Waals surface area contributed by atoms with E-state index in [0.717, 1.165) is 146 Å². The summed E-state index contributed by atoms with van der Waals surface area (Å²) in [6.07, 6.45) is 17.4. The molecule has 7 atom stereocenters. The highest BCUT2D eigenvalue weighted by Gasteiger charge is 2.49. The Hall–Kier alpha value is -14.6. The fourth-order valence-electron chi connectivity index (χ4n) is 21.6. The van der Waals surface area contributed by atoms with Gasteiger partial charge in [-0.2, -0.15) is 0 Å². The average molecular weight is 1740 g/mol. The third-order valence-electron chi connectivity index (χ3n) is 27.3. The molecule has 18 heterocycles. The summed E-state index contributed by atoms with van der Waals surface area (Å²) in [6, 6.07) is 67.6. The second-order valence-electron chi connectivity index (χ2n) is 34.2. The quantitative estimate of drug-likeness (QED) is 0.135. The highest BCUT2D eigenvalue weighted by molar-refractivity contribution is 5.93. The fourth-order valence-corrected chi connectivity index (χ4v) is 21.6. The maximum Gasteiger partial charge on any atom is 0.153 e. The van der Waals surface area contributed by atoms with E-state index in [0.29, 0.717) is 54.2 Å². The van der Waals surface area contributed by atoms with Crippen LogP contribution in [0.15, 0.2) is 262 Å². The number of likely N-dealkylation sites (N-methyl/N-ethyl adjacent to an activating group) is 7. The Morgan fingerprint density at radius 2 is 0.473 bits per heavy atom. The molecule has 28 rings (SSSR count). The highest BCUT2D eigenvalue weighted by atomic mass is 19.2. The molecule has 18 nitrogen and oxygen atoms in total. The largest absolute Gasteiger partial charge is 0.352 e. The van der Waals surface area contributed by atoms with Crippen molar-refractivity contribution < 1.29 is 39.5 Å². The number of hydrogen-bond acceptors (Lipinski definition) is 18. The van der Waals surface area contributed by atoms with Gasteiger partial charge in [-0.15, -0.1) is 0 Å². The third-order valence-corrected chi connectivity index (χ3v) is 27.3. The summed E-state index contributed by atoms with van der Waals surface area (Å²) < 4.78 is 122. The summed E-state index contributed by atoms with van der Waals surface area (Å²) in [4.78, 5) is 47.3. The van der Waals surface area contributed by atoms with Gasteiger partial charge in [0.1, 0.15) is 95.5 Å². The first kappa shape index (κ1) is 81.4. The summed E-state index contributed by atoms with van der Waals surface area (Å²) in [5.41, 5.74) is 26.5. The molecule has 4 aromatic heterocycles. The summed E-state index contributed by atoms with van der Waals surface area (Å²) in [5, 5.41) is 0. The van der Waals surface area contributed by atoms with Crippen LogP contribution in [0.3, 0.4) is 0 Å². The minimum atomic E-state index is -0.522. The monoisotopic (exact) mass is 1740 g/mol. The van der Waals surface area contributed by atoms with Gasteiger partial charge in [0.25, 0.3) is 0 Å². The van der Waals surface area contributed by atoms with Crippen LogP contribution in [0.5, 0.6) is 0 Å². The van der Waals surface area contributed by atoms with Crippen molar-refractivity contribution in [3.8, 4) is 0 Å². The number of rotatable bonds is 0. The minimum absolute atomic E-state index is 0. The van der Waals surface area contributed by atoms with Gasteiger partial charge in [0.05, 0.1) is 97.7 Å². The topological polar surface area (TPSA) is 96.9 Å². The third kappa shape index (κ3) is 13.0. The highest BCUT2D eigenvalue weighted by Crippen LogP contribution is 2.57. The first-order valence-electron chi connectivity index (χ1n) is 42.7. The van der Waals surface area contributed by atoms with Crippen LogP contribution in [-0.4, -0.2) is 112 Å². The van der Waals surface area contributed by atoms with Gasteiger partial charge in [-0.3, -0.25) is 9.97 Å². The lowest BCUT2D eigenvalue weighted by Gasteiger charge is -2.23. The van der Waals surface area contributed by atoms with Crippen molar-refractivity contribution in [2.75, 3.05) is 118 Å². The molecule has 0 aliphatic carbocycles. The molecule has 650 valence electrons. The molecule has 0 radical (unpaired) electrons. The summed E-state index contributed by atoms with van der Waals surface area (Å²) >= 11 is 0. The number of aromatic nitrogens is 4. The number of para-hydroxylation sites is 7. The molecule has 0 spiro atoms. The Labute approximate surface area is 741 Å². The van der Waals surface area contributed by atoms with Gasteiger partial charge in [-0.05, 0) is 191 Å². The first-order valence-corrected chi connectivity index (χ1v) is 42.7. The molecule has 10 aromatic carbocycles. The van der Waals surface area contributed by atoms with Crippen LogP contribution in [0, 0.1) is 52.4 Å². The molecule has 0 saturated carbocycles. The maximum absolute atomic E-state index is 14.1. The molecule has 0 fully saturated rings. The number of halogens is 9. The number of benzene rings is 10. The lowest BCUT2D eigenvalue weighted by atomic mass is 10.1. The van der Waals surface area contributed by atoms with Gasteiger partial charge in [-0.1, -0.05) is 62.0 Å². The smallest absolute Gasteiger partial charge is 0.153 e. The Morgan fingerprint density at radius 3 is 0.868 bits per heavy atom. The molecule has 129 heavy (non-hydrogen) atoms. The zero-order chi connectivity index (χ0) is 87.7. The predicted octanol–water partition coefficient (Wildman–Crippen LogP) is 21.6. The van der Waals surface area contributed by atoms with Crippen LogP contribution in [0.2, 0.25) is 0 Å². The van der Waals surface area contributed by atoms with E-state index in [1.54, 1.807) is 49.1 Å². The van der Waals surface area contributed by atoms with E-state index in [-0.39, 0.29) is 55.7 Å². The number of pyridine rings is 4. The van der Waals surface area contributed by atoms with Crippen LogP contribution in [-0.2, 0) is 44.9 Å². The van der Waals surface area contributed by atoms with Crippen molar-refractivity contribution in [1.82, 2.24) is 19.9 Å². The molecule has 0 bridgehead atoms. The van der Waals surface area contributed by atoms with Gasteiger partial charge in [0, 0.05) is 160 Å². The van der Waals surface area contributed by atoms with Gasteiger partial charge < -0.3 is 68.6 Å². The van der Waals surface area contributed by atoms with Crippen molar-refractivity contribution in [2.24, 2.45) is 0 Å². The first-order chi connectivity index (χ1) is 62.1. The van der Waals surface area contributed by atoms with E-state index in [1.807, 2.05) is 133 Å². The number of hydrogen-bond donors (Lipinski definition) is 0. The molecule has 14 aromatic rings. The van der Waals surface area contributed by atoms with Gasteiger partial charge in [0.15, 0.2) is 11.6 Å². The zero-order valence-corrected chi connectivity index (χ0v) is 70.8. The second-order valence-corrected chi connectivity index (χ2v) is 34.2. The summed E-state index contributed by atoms with van der Waals surface area (Å²) in [5.74, 6) is -1.68. The standard InChI is InChI=1S/C15H12F2N2.C15H13FN2.C15H14N2.2C14H11F2N3.2C14H12FN3.CH4/c1-18-12-4-2-3-5-13(12)19-14(18)7-9-6-10(16)8-11(17)15(9)19;1-17-13-4-2-3-5-14(13)18-12-7-6-11(16)8-10(12)9-15(17)18;1-16-13-8-4-5-9-14(13)17-12-7-3-2-6-11(12)10-15(16)17;1-18-12-7-17-3-2-11(12)19-13(18)5-8-4-9(15)6-10(16)14(8)19;1-18-12-6-8-5-9(15)7-10(16)13(8)19(12)11-3-2-4-17-14(11)18;1-17-13-8-16-5-4-12(13)18-11-3-2-10(15)6-9(11)7-14(17)18;1-17-13-8-9-7-10(15)4-5-11(9)18(13)12-3-2-6-16-14(12)17;/h2-6,8,14H,7H2,1H3;2-8,15H,9H2,1H3;2-9,15H,10H2,1H3;2-4,6-7,13H,5H2,1H3;2-5,7,12H,6H2,1H3;2-6,8,14H,7H2,1H3;2-7,13H,8H2,1H3;1H4. The van der Waals surface area contributed by atoms with Crippen LogP contribution in [0.4, 0.5) is 159 Å². The minimum Gasteiger partial charge on any atom is -0.352 e. The molecular formula is C102H89F9N18. The number of fused-ring (bicyclic) bond motifs is 35. The molecule has 0 N–H and O–H groups in total. The van der Waals surface area contributed by atoms with Crippen molar-refractivity contribution in [3.63, 3.8) is 0 Å². The number of nitrogens with zero attached hydrogens (tertiary/aromatic N) is 18. The zero-order valence-electron chi connectivity index (χ0n) is 70.8. The summed E-state index contributed by atoms with van der Waals surface area (Å²) in [7, 11) is 14.3. The fraction of sp³-hybridized carbons (Fsp3) is 0.216. The molecule has 0 amide bonds. The summed E-state index contributed by atoms with van der Waals surface area (Å²) in [6.45, 7) is 0. The van der Waals surface area contributed by atoms with Gasteiger partial charge in [0.2, 0.25) is 0 Å². The van der Waals surface area contributed by atoms with E-state index < -0.39 is 34.9 Å². The molecule has 0 saturated heterocycles. The van der Waals surface area contributed by atoms with Crippen molar-refractivity contribution in [3.05, 3.63) is 353 Å². The van der Waals surface area contributed by atoms with Crippen molar-refractivity contribution >= 4 is 120 Å². The Kier molecular flexibility index (Phi) is 19.8. The van der Waals surface area contributed by atoms with Gasteiger partial charge >= 0.3 is 0 Å². The Bertz CT molecular complexity index is 6270. The van der Waals surface area contributed by atoms with Crippen LogP contribution >= 0.6 is 0 Å². The van der Waals surface area contributed by atoms with E-state index in [4.69, 9.17) is 0 Å².